The second-order valence-electron chi connectivity index (χ2n) is 4.18. The summed E-state index contributed by atoms with van der Waals surface area (Å²) in [5, 5.41) is 14.1. The normalized spacial score (nSPS) is 10.4. The van der Waals surface area contributed by atoms with Crippen LogP contribution in [0.4, 0.5) is 11.8 Å². The first-order chi connectivity index (χ1) is 8.74. The molecule has 2 aromatic rings. The van der Waals surface area contributed by atoms with E-state index in [0.717, 1.165) is 5.56 Å². The molecular formula is C12H16N6. The van der Waals surface area contributed by atoms with Crippen molar-refractivity contribution in [3.8, 4) is 0 Å². The Morgan fingerprint density at radius 1 is 1.28 bits per heavy atom. The summed E-state index contributed by atoms with van der Waals surface area (Å²) in [6.07, 6.45) is 5.16. The fourth-order valence-corrected chi connectivity index (χ4v) is 1.40. The van der Waals surface area contributed by atoms with Crippen molar-refractivity contribution in [3.63, 3.8) is 0 Å². The Labute approximate surface area is 106 Å². The number of anilines is 2. The molecule has 94 valence electrons. The van der Waals surface area contributed by atoms with Crippen molar-refractivity contribution in [1.82, 2.24) is 20.2 Å². The third-order valence-corrected chi connectivity index (χ3v) is 2.17. The predicted molar refractivity (Wildman–Crippen MR) is 70.1 cm³/mol. The van der Waals surface area contributed by atoms with E-state index in [2.05, 4.69) is 30.8 Å². The molecule has 0 aliphatic rings. The SMILES string of the molecule is CC(C)Nc1nncc(NCc2cccnc2)n1. The van der Waals surface area contributed by atoms with Gasteiger partial charge in [-0.25, -0.2) is 0 Å². The summed E-state index contributed by atoms with van der Waals surface area (Å²) >= 11 is 0. The van der Waals surface area contributed by atoms with Gasteiger partial charge in [0, 0.05) is 25.0 Å². The zero-order chi connectivity index (χ0) is 12.8. The summed E-state index contributed by atoms with van der Waals surface area (Å²) in [6, 6.07) is 4.18. The highest BCUT2D eigenvalue weighted by Crippen LogP contribution is 2.06. The Morgan fingerprint density at radius 2 is 2.17 bits per heavy atom. The summed E-state index contributed by atoms with van der Waals surface area (Å²) in [5.41, 5.74) is 1.09. The highest BCUT2D eigenvalue weighted by atomic mass is 15.3. The molecule has 2 aromatic heterocycles. The van der Waals surface area contributed by atoms with E-state index < -0.39 is 0 Å². The van der Waals surface area contributed by atoms with Gasteiger partial charge < -0.3 is 10.6 Å². The molecule has 0 aromatic carbocycles. The molecule has 0 bridgehead atoms. The van der Waals surface area contributed by atoms with Gasteiger partial charge in [-0.1, -0.05) is 6.07 Å². The Balaban J connectivity index is 1.97. The molecule has 2 N–H and O–H groups in total. The maximum Gasteiger partial charge on any atom is 0.244 e. The van der Waals surface area contributed by atoms with E-state index in [4.69, 9.17) is 0 Å². The van der Waals surface area contributed by atoms with E-state index in [-0.39, 0.29) is 6.04 Å². The molecule has 6 nitrogen and oxygen atoms in total. The summed E-state index contributed by atoms with van der Waals surface area (Å²) < 4.78 is 0. The van der Waals surface area contributed by atoms with Gasteiger partial charge in [0.15, 0.2) is 5.82 Å². The molecule has 0 spiro atoms. The van der Waals surface area contributed by atoms with Gasteiger partial charge in [0.2, 0.25) is 5.95 Å². The van der Waals surface area contributed by atoms with Gasteiger partial charge in [-0.15, -0.1) is 5.10 Å². The molecule has 0 saturated carbocycles. The average Bonchev–Trinajstić information content (AvgIpc) is 2.37. The van der Waals surface area contributed by atoms with Gasteiger partial charge in [0.05, 0.1) is 6.20 Å². The van der Waals surface area contributed by atoms with Crippen molar-refractivity contribution in [2.75, 3.05) is 10.6 Å². The Morgan fingerprint density at radius 3 is 2.89 bits per heavy atom. The Hall–Kier alpha value is -2.24. The van der Waals surface area contributed by atoms with Crippen LogP contribution in [0.1, 0.15) is 19.4 Å². The fraction of sp³-hybridized carbons (Fsp3) is 0.333. The molecule has 0 unspecified atom stereocenters. The van der Waals surface area contributed by atoms with Gasteiger partial charge in [-0.05, 0) is 25.5 Å². The second-order valence-corrected chi connectivity index (χ2v) is 4.18. The summed E-state index contributed by atoms with van der Waals surface area (Å²) in [6.45, 7) is 4.71. The second kappa shape index (κ2) is 5.90. The van der Waals surface area contributed by atoms with Crippen LogP contribution in [0.3, 0.4) is 0 Å². The smallest absolute Gasteiger partial charge is 0.244 e. The Kier molecular flexibility index (Phi) is 4.01. The summed E-state index contributed by atoms with van der Waals surface area (Å²) in [7, 11) is 0. The van der Waals surface area contributed by atoms with Gasteiger partial charge in [0.1, 0.15) is 0 Å². The lowest BCUT2D eigenvalue weighted by Gasteiger charge is -2.09. The third kappa shape index (κ3) is 3.65. The first-order valence-electron chi connectivity index (χ1n) is 5.83. The number of rotatable bonds is 5. The van der Waals surface area contributed by atoms with Gasteiger partial charge >= 0.3 is 0 Å². The largest absolute Gasteiger partial charge is 0.364 e. The van der Waals surface area contributed by atoms with Crippen molar-refractivity contribution in [1.29, 1.82) is 0 Å². The standard InChI is InChI=1S/C12H16N6/c1-9(2)16-12-17-11(8-15-18-12)14-7-10-4-3-5-13-6-10/h3-6,8-9H,7H2,1-2H3,(H2,14,16,17,18). The van der Waals surface area contributed by atoms with Crippen molar-refractivity contribution < 1.29 is 0 Å². The monoisotopic (exact) mass is 244 g/mol. The molecule has 6 heteroatoms. The van der Waals surface area contributed by atoms with Crippen LogP contribution in [0.15, 0.2) is 30.7 Å². The van der Waals surface area contributed by atoms with Crippen LogP contribution in [0.2, 0.25) is 0 Å². The summed E-state index contributed by atoms with van der Waals surface area (Å²) in [4.78, 5) is 8.36. The van der Waals surface area contributed by atoms with Crippen molar-refractivity contribution in [2.45, 2.75) is 26.4 Å². The first kappa shape index (κ1) is 12.2. The minimum atomic E-state index is 0.278. The number of pyridine rings is 1. The molecule has 0 aliphatic heterocycles. The molecule has 2 heterocycles. The fourth-order valence-electron chi connectivity index (χ4n) is 1.40. The molecule has 0 atom stereocenters. The molecule has 0 aliphatic carbocycles. The van der Waals surface area contributed by atoms with Gasteiger partial charge in [-0.2, -0.15) is 10.1 Å². The zero-order valence-corrected chi connectivity index (χ0v) is 10.5. The molecule has 0 saturated heterocycles. The lowest BCUT2D eigenvalue weighted by atomic mass is 10.3. The lowest BCUT2D eigenvalue weighted by Crippen LogP contribution is -2.14. The third-order valence-electron chi connectivity index (χ3n) is 2.17. The molecule has 0 fully saturated rings. The van der Waals surface area contributed by atoms with Crippen LogP contribution in [0.25, 0.3) is 0 Å². The van der Waals surface area contributed by atoms with Crippen LogP contribution in [-0.2, 0) is 6.54 Å². The van der Waals surface area contributed by atoms with Crippen LogP contribution in [0, 0.1) is 0 Å². The van der Waals surface area contributed by atoms with Crippen molar-refractivity contribution in [2.24, 2.45) is 0 Å². The van der Waals surface area contributed by atoms with Crippen molar-refractivity contribution in [3.05, 3.63) is 36.3 Å². The minimum absolute atomic E-state index is 0.278. The lowest BCUT2D eigenvalue weighted by molar-refractivity contribution is 0.850. The zero-order valence-electron chi connectivity index (χ0n) is 10.5. The van der Waals surface area contributed by atoms with E-state index in [1.54, 1.807) is 12.4 Å². The predicted octanol–water partition coefficient (Wildman–Crippen LogP) is 1.70. The maximum atomic E-state index is 4.31. The molecular weight excluding hydrogens is 228 g/mol. The van der Waals surface area contributed by atoms with Crippen LogP contribution in [0.5, 0.6) is 0 Å². The van der Waals surface area contributed by atoms with E-state index in [0.29, 0.717) is 18.3 Å². The molecule has 2 rings (SSSR count). The van der Waals surface area contributed by atoms with E-state index in [1.807, 2.05) is 32.2 Å². The van der Waals surface area contributed by atoms with Crippen LogP contribution < -0.4 is 10.6 Å². The van der Waals surface area contributed by atoms with Crippen LogP contribution in [-0.4, -0.2) is 26.2 Å². The number of hydrogen-bond donors (Lipinski definition) is 2. The minimum Gasteiger partial charge on any atom is -0.364 e. The van der Waals surface area contributed by atoms with E-state index in [1.165, 1.54) is 0 Å². The first-order valence-corrected chi connectivity index (χ1v) is 5.83. The van der Waals surface area contributed by atoms with Gasteiger partial charge in [-0.3, -0.25) is 4.98 Å². The number of aromatic nitrogens is 4. The van der Waals surface area contributed by atoms with Crippen LogP contribution >= 0.6 is 0 Å². The van der Waals surface area contributed by atoms with Gasteiger partial charge in [0.25, 0.3) is 0 Å². The number of nitrogens with zero attached hydrogens (tertiary/aromatic N) is 4. The highest BCUT2D eigenvalue weighted by molar-refractivity contribution is 5.37. The van der Waals surface area contributed by atoms with E-state index in [9.17, 15) is 0 Å². The molecule has 18 heavy (non-hydrogen) atoms. The quantitative estimate of drug-likeness (QED) is 0.833. The Bertz CT molecular complexity index is 485. The van der Waals surface area contributed by atoms with E-state index >= 15 is 0 Å². The highest BCUT2D eigenvalue weighted by Gasteiger charge is 2.01. The molecule has 0 radical (unpaired) electrons. The number of hydrogen-bond acceptors (Lipinski definition) is 6. The maximum absolute atomic E-state index is 4.31. The average molecular weight is 244 g/mol. The summed E-state index contributed by atoms with van der Waals surface area (Å²) in [5.74, 6) is 1.22. The van der Waals surface area contributed by atoms with Crippen molar-refractivity contribution >= 4 is 11.8 Å². The molecule has 0 amide bonds. The number of nitrogens with one attached hydrogen (secondary N) is 2. The topological polar surface area (TPSA) is 75.6 Å².